The molecule has 3 aromatic rings. The Morgan fingerprint density at radius 2 is 1.89 bits per heavy atom. The van der Waals surface area contributed by atoms with Crippen molar-refractivity contribution in [1.82, 2.24) is 9.13 Å². The van der Waals surface area contributed by atoms with E-state index in [1.165, 1.54) is 28.4 Å². The Morgan fingerprint density at radius 1 is 1.11 bits per heavy atom. The number of nitrogens with zero attached hydrogens (tertiary/aromatic N) is 2. The lowest BCUT2D eigenvalue weighted by Crippen LogP contribution is -2.30. The third kappa shape index (κ3) is 3.96. The molecule has 3 rings (SSSR count). The first-order chi connectivity index (χ1) is 13.4. The summed E-state index contributed by atoms with van der Waals surface area (Å²) in [5.74, 6) is -1.48. The van der Waals surface area contributed by atoms with E-state index in [4.69, 9.17) is 4.74 Å². The van der Waals surface area contributed by atoms with Crippen molar-refractivity contribution in [3.8, 4) is 0 Å². The number of carbonyl (C=O) groups is 2. The molecule has 2 aromatic carbocycles. The molecule has 1 heterocycles. The van der Waals surface area contributed by atoms with Gasteiger partial charge in [0.2, 0.25) is 5.91 Å². The predicted molar refractivity (Wildman–Crippen MR) is 105 cm³/mol. The molecule has 1 aromatic heterocycles. The van der Waals surface area contributed by atoms with Crippen LogP contribution in [0, 0.1) is 6.92 Å². The first-order valence-corrected chi connectivity index (χ1v) is 8.72. The number of hydrogen-bond donors (Lipinski definition) is 2. The Morgan fingerprint density at radius 3 is 2.57 bits per heavy atom. The van der Waals surface area contributed by atoms with E-state index in [0.717, 1.165) is 5.56 Å². The van der Waals surface area contributed by atoms with Crippen molar-refractivity contribution in [2.75, 3.05) is 19.0 Å². The molecule has 0 fully saturated rings. The number of carbonyl (C=O) groups excluding carboxylic acids is 1. The number of imidazole rings is 1. The maximum absolute atomic E-state index is 12.9. The second-order valence-corrected chi connectivity index (χ2v) is 6.44. The molecular formula is C20H21N3O5. The smallest absolute Gasteiger partial charge is 0.335 e. The number of carboxylic acids is 1. The van der Waals surface area contributed by atoms with Crippen molar-refractivity contribution in [3.63, 3.8) is 0 Å². The van der Waals surface area contributed by atoms with Gasteiger partial charge >= 0.3 is 11.7 Å². The van der Waals surface area contributed by atoms with Gasteiger partial charge in [-0.05, 0) is 42.8 Å². The van der Waals surface area contributed by atoms with Crippen LogP contribution in [0.5, 0.6) is 0 Å². The molecule has 28 heavy (non-hydrogen) atoms. The van der Waals surface area contributed by atoms with Crippen LogP contribution in [0.3, 0.4) is 0 Å². The summed E-state index contributed by atoms with van der Waals surface area (Å²) in [5, 5.41) is 12.0. The number of aromatic nitrogens is 2. The van der Waals surface area contributed by atoms with Crippen LogP contribution in [0.4, 0.5) is 5.69 Å². The highest BCUT2D eigenvalue weighted by molar-refractivity contribution is 5.94. The molecule has 146 valence electrons. The lowest BCUT2D eigenvalue weighted by atomic mass is 10.2. The van der Waals surface area contributed by atoms with Crippen LogP contribution in [0.15, 0.2) is 47.3 Å². The topological polar surface area (TPSA) is 103 Å². The Kier molecular flexibility index (Phi) is 5.60. The Labute approximate surface area is 161 Å². The highest BCUT2D eigenvalue weighted by atomic mass is 16.5. The first-order valence-electron chi connectivity index (χ1n) is 8.72. The quantitative estimate of drug-likeness (QED) is 0.650. The molecule has 2 N–H and O–H groups in total. The van der Waals surface area contributed by atoms with E-state index in [-0.39, 0.29) is 18.0 Å². The minimum Gasteiger partial charge on any atom is -0.478 e. The normalized spacial score (nSPS) is 10.9. The molecule has 0 saturated carbocycles. The van der Waals surface area contributed by atoms with Gasteiger partial charge in [0.25, 0.3) is 0 Å². The van der Waals surface area contributed by atoms with E-state index in [1.807, 2.05) is 25.1 Å². The van der Waals surface area contributed by atoms with E-state index < -0.39 is 11.7 Å². The van der Waals surface area contributed by atoms with Crippen LogP contribution in [0.1, 0.15) is 15.9 Å². The summed E-state index contributed by atoms with van der Waals surface area (Å²) in [4.78, 5) is 36.7. The lowest BCUT2D eigenvalue weighted by Gasteiger charge is -2.07. The van der Waals surface area contributed by atoms with E-state index in [0.29, 0.717) is 29.9 Å². The number of benzene rings is 2. The summed E-state index contributed by atoms with van der Waals surface area (Å²) in [7, 11) is 1.53. The molecule has 0 aliphatic heterocycles. The summed E-state index contributed by atoms with van der Waals surface area (Å²) >= 11 is 0. The van der Waals surface area contributed by atoms with Gasteiger partial charge in [0.05, 0.1) is 29.7 Å². The number of carboxylic acid groups (broad SMARTS) is 1. The molecule has 8 heteroatoms. The molecule has 0 unspecified atom stereocenters. The first kappa shape index (κ1) is 19.4. The average molecular weight is 383 g/mol. The average Bonchev–Trinajstić information content (AvgIpc) is 2.91. The summed E-state index contributed by atoms with van der Waals surface area (Å²) in [6.07, 6.45) is 0. The van der Waals surface area contributed by atoms with E-state index in [9.17, 15) is 19.5 Å². The second kappa shape index (κ2) is 8.10. The Balaban J connectivity index is 1.99. The standard InChI is InChI=1S/C20H21N3O5/c1-13-4-3-5-15(10-13)21-18(24)12-23-17-11-14(19(25)26)6-7-16(17)22(20(23)27)8-9-28-2/h3-7,10-11H,8-9,12H2,1-2H3,(H,21,24)(H,25,26). The van der Waals surface area contributed by atoms with Gasteiger partial charge in [-0.1, -0.05) is 12.1 Å². The monoisotopic (exact) mass is 383 g/mol. The number of aromatic carboxylic acids is 1. The van der Waals surface area contributed by atoms with Gasteiger partial charge in [-0.25, -0.2) is 9.59 Å². The lowest BCUT2D eigenvalue weighted by molar-refractivity contribution is -0.116. The van der Waals surface area contributed by atoms with Crippen molar-refractivity contribution in [1.29, 1.82) is 0 Å². The SMILES string of the molecule is COCCn1c(=O)n(CC(=O)Nc2cccc(C)c2)c2cc(C(=O)O)ccc21. The number of fused-ring (bicyclic) bond motifs is 1. The number of hydrogen-bond acceptors (Lipinski definition) is 4. The summed E-state index contributed by atoms with van der Waals surface area (Å²) < 4.78 is 7.81. The van der Waals surface area contributed by atoms with Crippen LogP contribution in [0.25, 0.3) is 11.0 Å². The molecular weight excluding hydrogens is 362 g/mol. The van der Waals surface area contributed by atoms with Crippen molar-refractivity contribution < 1.29 is 19.4 Å². The van der Waals surface area contributed by atoms with E-state index in [2.05, 4.69) is 5.32 Å². The van der Waals surface area contributed by atoms with Gasteiger partial charge in [0.15, 0.2) is 0 Å². The van der Waals surface area contributed by atoms with Crippen molar-refractivity contribution in [2.24, 2.45) is 0 Å². The third-order valence-corrected chi connectivity index (χ3v) is 4.39. The molecule has 0 atom stereocenters. The number of aryl methyl sites for hydroxylation is 1. The van der Waals surface area contributed by atoms with Crippen LogP contribution in [-0.2, 0) is 22.6 Å². The minimum absolute atomic E-state index is 0.0456. The maximum atomic E-state index is 12.9. The Hall–Kier alpha value is -3.39. The van der Waals surface area contributed by atoms with Gasteiger partial charge in [-0.2, -0.15) is 0 Å². The Bertz CT molecular complexity index is 1100. The molecule has 0 aliphatic rings. The molecule has 0 bridgehead atoms. The number of amides is 1. The second-order valence-electron chi connectivity index (χ2n) is 6.44. The summed E-state index contributed by atoms with van der Waals surface area (Å²) in [6, 6.07) is 11.7. The number of ether oxygens (including phenoxy) is 1. The molecule has 1 amide bonds. The fourth-order valence-corrected chi connectivity index (χ4v) is 3.07. The maximum Gasteiger partial charge on any atom is 0.335 e. The van der Waals surface area contributed by atoms with Gasteiger partial charge in [-0.15, -0.1) is 0 Å². The predicted octanol–water partition coefficient (Wildman–Crippen LogP) is 2.09. The minimum atomic E-state index is -1.10. The van der Waals surface area contributed by atoms with E-state index >= 15 is 0 Å². The molecule has 0 saturated heterocycles. The largest absolute Gasteiger partial charge is 0.478 e. The highest BCUT2D eigenvalue weighted by Crippen LogP contribution is 2.17. The van der Waals surface area contributed by atoms with Crippen LogP contribution in [0.2, 0.25) is 0 Å². The highest BCUT2D eigenvalue weighted by Gasteiger charge is 2.17. The molecule has 0 radical (unpaired) electrons. The van der Waals surface area contributed by atoms with E-state index in [1.54, 1.807) is 12.1 Å². The van der Waals surface area contributed by atoms with Crippen LogP contribution >= 0.6 is 0 Å². The summed E-state index contributed by atoms with van der Waals surface area (Å²) in [5.41, 5.74) is 2.22. The van der Waals surface area contributed by atoms with Gasteiger partial charge < -0.3 is 15.2 Å². The zero-order valence-corrected chi connectivity index (χ0v) is 15.6. The van der Waals surface area contributed by atoms with Gasteiger partial charge in [0.1, 0.15) is 6.54 Å². The fraction of sp³-hybridized carbons (Fsp3) is 0.250. The van der Waals surface area contributed by atoms with Gasteiger partial charge in [-0.3, -0.25) is 13.9 Å². The van der Waals surface area contributed by atoms with Crippen molar-refractivity contribution in [3.05, 3.63) is 64.1 Å². The third-order valence-electron chi connectivity index (χ3n) is 4.39. The van der Waals surface area contributed by atoms with Crippen LogP contribution in [-0.4, -0.2) is 39.8 Å². The van der Waals surface area contributed by atoms with Crippen molar-refractivity contribution in [2.45, 2.75) is 20.0 Å². The number of nitrogens with one attached hydrogen (secondary N) is 1. The fourth-order valence-electron chi connectivity index (χ4n) is 3.07. The molecule has 0 aliphatic carbocycles. The van der Waals surface area contributed by atoms with Crippen molar-refractivity contribution >= 4 is 28.6 Å². The zero-order valence-electron chi connectivity index (χ0n) is 15.6. The van der Waals surface area contributed by atoms with Crippen LogP contribution < -0.4 is 11.0 Å². The number of anilines is 1. The zero-order chi connectivity index (χ0) is 20.3. The number of rotatable bonds is 7. The molecule has 8 nitrogen and oxygen atoms in total. The number of methoxy groups -OCH3 is 1. The van der Waals surface area contributed by atoms with Gasteiger partial charge in [0, 0.05) is 12.8 Å². The molecule has 0 spiro atoms. The summed E-state index contributed by atoms with van der Waals surface area (Å²) in [6.45, 7) is 2.29.